The van der Waals surface area contributed by atoms with Crippen molar-refractivity contribution in [1.82, 2.24) is 4.90 Å². The standard InChI is InChI=1S/C12H18BrNO/c1-9(2)15-12-7-5-6-11(13)10(12)8-14(3)4/h5-7,9H,8H2,1-4H3. The Morgan fingerprint density at radius 2 is 2.00 bits per heavy atom. The molecule has 0 fully saturated rings. The molecule has 0 radical (unpaired) electrons. The Labute approximate surface area is 100 Å². The van der Waals surface area contributed by atoms with Crippen LogP contribution in [0, 0.1) is 0 Å². The summed E-state index contributed by atoms with van der Waals surface area (Å²) >= 11 is 3.56. The van der Waals surface area contributed by atoms with Gasteiger partial charge in [-0.1, -0.05) is 22.0 Å². The van der Waals surface area contributed by atoms with E-state index >= 15 is 0 Å². The van der Waals surface area contributed by atoms with Crippen LogP contribution in [-0.2, 0) is 6.54 Å². The summed E-state index contributed by atoms with van der Waals surface area (Å²) in [6.45, 7) is 4.96. The van der Waals surface area contributed by atoms with Crippen LogP contribution in [0.3, 0.4) is 0 Å². The van der Waals surface area contributed by atoms with Crippen LogP contribution in [0.15, 0.2) is 22.7 Å². The van der Waals surface area contributed by atoms with Gasteiger partial charge in [0, 0.05) is 16.6 Å². The maximum Gasteiger partial charge on any atom is 0.125 e. The van der Waals surface area contributed by atoms with Gasteiger partial charge in [0.15, 0.2) is 0 Å². The second kappa shape index (κ2) is 5.52. The summed E-state index contributed by atoms with van der Waals surface area (Å²) in [5.41, 5.74) is 1.20. The molecule has 0 bridgehead atoms. The third-order valence-electron chi connectivity index (χ3n) is 1.91. The van der Waals surface area contributed by atoms with Crippen molar-refractivity contribution >= 4 is 15.9 Å². The van der Waals surface area contributed by atoms with Crippen molar-refractivity contribution in [3.05, 3.63) is 28.2 Å². The molecule has 1 aromatic carbocycles. The summed E-state index contributed by atoms with van der Waals surface area (Å²) in [6.07, 6.45) is 0.209. The van der Waals surface area contributed by atoms with Crippen LogP contribution in [0.5, 0.6) is 5.75 Å². The van der Waals surface area contributed by atoms with E-state index in [1.165, 1.54) is 5.56 Å². The number of rotatable bonds is 4. The largest absolute Gasteiger partial charge is 0.491 e. The van der Waals surface area contributed by atoms with Gasteiger partial charge in [-0.15, -0.1) is 0 Å². The first-order chi connectivity index (χ1) is 7.00. The van der Waals surface area contributed by atoms with E-state index in [4.69, 9.17) is 4.74 Å². The van der Waals surface area contributed by atoms with E-state index in [0.717, 1.165) is 16.8 Å². The smallest absolute Gasteiger partial charge is 0.125 e. The lowest BCUT2D eigenvalue weighted by Crippen LogP contribution is -2.14. The number of hydrogen-bond acceptors (Lipinski definition) is 2. The fourth-order valence-electron chi connectivity index (χ4n) is 1.37. The molecule has 1 rings (SSSR count). The number of benzene rings is 1. The fourth-order valence-corrected chi connectivity index (χ4v) is 1.85. The maximum absolute atomic E-state index is 5.77. The molecule has 0 spiro atoms. The summed E-state index contributed by atoms with van der Waals surface area (Å²) in [5.74, 6) is 0.966. The Hall–Kier alpha value is -0.540. The molecule has 2 nitrogen and oxygen atoms in total. The average Bonchev–Trinajstić information content (AvgIpc) is 2.09. The van der Waals surface area contributed by atoms with Crippen LogP contribution in [0.2, 0.25) is 0 Å². The summed E-state index contributed by atoms with van der Waals surface area (Å²) in [6, 6.07) is 6.07. The van der Waals surface area contributed by atoms with Crippen LogP contribution in [0.25, 0.3) is 0 Å². The van der Waals surface area contributed by atoms with E-state index in [2.05, 4.69) is 34.9 Å². The van der Waals surface area contributed by atoms with Crippen molar-refractivity contribution in [1.29, 1.82) is 0 Å². The zero-order valence-electron chi connectivity index (χ0n) is 9.75. The molecule has 0 heterocycles. The quantitative estimate of drug-likeness (QED) is 0.833. The van der Waals surface area contributed by atoms with Crippen LogP contribution in [0.4, 0.5) is 0 Å². The number of ether oxygens (including phenoxy) is 1. The third kappa shape index (κ3) is 3.84. The lowest BCUT2D eigenvalue weighted by Gasteiger charge is -2.18. The molecule has 0 amide bonds. The van der Waals surface area contributed by atoms with Gasteiger partial charge in [-0.25, -0.2) is 0 Å². The van der Waals surface area contributed by atoms with E-state index in [1.54, 1.807) is 0 Å². The van der Waals surface area contributed by atoms with Gasteiger partial charge in [0.25, 0.3) is 0 Å². The molecule has 0 aliphatic rings. The lowest BCUT2D eigenvalue weighted by atomic mass is 10.2. The molecule has 0 aromatic heterocycles. The van der Waals surface area contributed by atoms with Gasteiger partial charge in [0.05, 0.1) is 6.10 Å². The highest BCUT2D eigenvalue weighted by molar-refractivity contribution is 9.10. The van der Waals surface area contributed by atoms with Crippen molar-refractivity contribution in [3.8, 4) is 5.75 Å². The normalized spacial score (nSPS) is 11.1. The minimum atomic E-state index is 0.209. The Morgan fingerprint density at radius 3 is 2.53 bits per heavy atom. The average molecular weight is 272 g/mol. The predicted octanol–water partition coefficient (Wildman–Crippen LogP) is 3.30. The highest BCUT2D eigenvalue weighted by atomic mass is 79.9. The molecule has 84 valence electrons. The number of nitrogens with zero attached hydrogens (tertiary/aromatic N) is 1. The van der Waals surface area contributed by atoms with Gasteiger partial charge in [-0.05, 0) is 40.1 Å². The van der Waals surface area contributed by atoms with Gasteiger partial charge < -0.3 is 9.64 Å². The van der Waals surface area contributed by atoms with E-state index in [1.807, 2.05) is 32.0 Å². The minimum Gasteiger partial charge on any atom is -0.491 e. The molecule has 0 N–H and O–H groups in total. The Balaban J connectivity index is 2.97. The van der Waals surface area contributed by atoms with Gasteiger partial charge in [0.1, 0.15) is 5.75 Å². The first kappa shape index (κ1) is 12.5. The van der Waals surface area contributed by atoms with E-state index in [-0.39, 0.29) is 6.10 Å². The van der Waals surface area contributed by atoms with E-state index in [9.17, 15) is 0 Å². The van der Waals surface area contributed by atoms with Crippen molar-refractivity contribution in [3.63, 3.8) is 0 Å². The second-order valence-corrected chi connectivity index (χ2v) is 4.98. The van der Waals surface area contributed by atoms with E-state index < -0.39 is 0 Å². The van der Waals surface area contributed by atoms with Gasteiger partial charge >= 0.3 is 0 Å². The van der Waals surface area contributed by atoms with Crippen LogP contribution in [0.1, 0.15) is 19.4 Å². The second-order valence-electron chi connectivity index (χ2n) is 4.12. The topological polar surface area (TPSA) is 12.5 Å². The highest BCUT2D eigenvalue weighted by Crippen LogP contribution is 2.28. The number of hydrogen-bond donors (Lipinski definition) is 0. The zero-order valence-corrected chi connectivity index (χ0v) is 11.3. The monoisotopic (exact) mass is 271 g/mol. The summed E-state index contributed by atoms with van der Waals surface area (Å²) in [5, 5.41) is 0. The Kier molecular flexibility index (Phi) is 4.61. The first-order valence-corrected chi connectivity index (χ1v) is 5.88. The first-order valence-electron chi connectivity index (χ1n) is 5.09. The minimum absolute atomic E-state index is 0.209. The molecule has 0 saturated heterocycles. The molecule has 1 aromatic rings. The molecule has 15 heavy (non-hydrogen) atoms. The molecular weight excluding hydrogens is 254 g/mol. The lowest BCUT2D eigenvalue weighted by molar-refractivity contribution is 0.236. The van der Waals surface area contributed by atoms with Crippen molar-refractivity contribution in [2.24, 2.45) is 0 Å². The summed E-state index contributed by atoms with van der Waals surface area (Å²) in [4.78, 5) is 2.13. The molecule has 0 saturated carbocycles. The highest BCUT2D eigenvalue weighted by Gasteiger charge is 2.09. The third-order valence-corrected chi connectivity index (χ3v) is 2.66. The summed E-state index contributed by atoms with van der Waals surface area (Å²) in [7, 11) is 4.11. The van der Waals surface area contributed by atoms with Gasteiger partial charge in [-0.2, -0.15) is 0 Å². The van der Waals surface area contributed by atoms with Gasteiger partial charge in [0.2, 0.25) is 0 Å². The van der Waals surface area contributed by atoms with Crippen molar-refractivity contribution in [2.45, 2.75) is 26.5 Å². The molecule has 0 atom stereocenters. The molecule has 3 heteroatoms. The number of halogens is 1. The molecule has 0 aliphatic carbocycles. The SMILES string of the molecule is CC(C)Oc1cccc(Br)c1CN(C)C. The summed E-state index contributed by atoms with van der Waals surface area (Å²) < 4.78 is 6.88. The molecular formula is C12H18BrNO. The maximum atomic E-state index is 5.77. The fraction of sp³-hybridized carbons (Fsp3) is 0.500. The zero-order chi connectivity index (χ0) is 11.4. The predicted molar refractivity (Wildman–Crippen MR) is 67.3 cm³/mol. The van der Waals surface area contributed by atoms with Crippen LogP contribution >= 0.6 is 15.9 Å². The Bertz CT molecular complexity index is 323. The van der Waals surface area contributed by atoms with Crippen LogP contribution in [-0.4, -0.2) is 25.1 Å². The molecule has 0 unspecified atom stereocenters. The van der Waals surface area contributed by atoms with Crippen molar-refractivity contribution < 1.29 is 4.74 Å². The molecule has 0 aliphatic heterocycles. The van der Waals surface area contributed by atoms with Crippen molar-refractivity contribution in [2.75, 3.05) is 14.1 Å². The Morgan fingerprint density at radius 1 is 1.33 bits per heavy atom. The van der Waals surface area contributed by atoms with E-state index in [0.29, 0.717) is 0 Å². The van der Waals surface area contributed by atoms with Gasteiger partial charge in [-0.3, -0.25) is 0 Å². The van der Waals surface area contributed by atoms with Crippen LogP contribution < -0.4 is 4.74 Å².